The lowest BCUT2D eigenvalue weighted by Crippen LogP contribution is -2.49. The average Bonchev–Trinajstić information content (AvgIpc) is 2.66. The molecule has 0 N–H and O–H groups in total. The summed E-state index contributed by atoms with van der Waals surface area (Å²) in [6, 6.07) is 4.71. The van der Waals surface area contributed by atoms with Gasteiger partial charge in [0.15, 0.2) is 0 Å². The Morgan fingerprint density at radius 3 is 2.37 bits per heavy atom. The molecule has 0 aliphatic carbocycles. The normalized spacial score (nSPS) is 13.9. The van der Waals surface area contributed by atoms with Gasteiger partial charge in [-0.2, -0.15) is 0 Å². The summed E-state index contributed by atoms with van der Waals surface area (Å²) in [5.41, 5.74) is 2.44. The molecule has 0 atom stereocenters. The topological polar surface area (TPSA) is 36.4 Å². The van der Waals surface area contributed by atoms with Crippen LogP contribution in [0.15, 0.2) is 28.9 Å². The average molecular weight is 457 g/mol. The van der Waals surface area contributed by atoms with Crippen molar-refractivity contribution in [1.82, 2.24) is 9.88 Å². The Kier molecular flexibility index (Phi) is 7.62. The second kappa shape index (κ2) is 9.51. The van der Waals surface area contributed by atoms with Crippen LogP contribution in [-0.4, -0.2) is 42.0 Å². The number of halogens is 3. The van der Waals surface area contributed by atoms with Gasteiger partial charge in [0, 0.05) is 32.4 Å². The van der Waals surface area contributed by atoms with Gasteiger partial charge in [-0.05, 0) is 53.0 Å². The van der Waals surface area contributed by atoms with Gasteiger partial charge in [-0.25, -0.2) is 9.37 Å². The zero-order valence-corrected chi connectivity index (χ0v) is 18.4. The van der Waals surface area contributed by atoms with E-state index in [2.05, 4.69) is 31.9 Å². The van der Waals surface area contributed by atoms with E-state index >= 15 is 0 Å². The van der Waals surface area contributed by atoms with E-state index in [1.807, 2.05) is 33.9 Å². The standard InChI is InChI=1S/C18H18BrClFN3O.C2H6/c1-11-7-12(2)17(22-10-11)23-3-5-24(6-4-23)18(25)13-8-16(21)14(19)9-15(13)20;1-2/h7-10H,3-6H2,1-2H3;1-2H3. The number of hydrogen-bond acceptors (Lipinski definition) is 3. The fraction of sp³-hybridized carbons (Fsp3) is 0.400. The SMILES string of the molecule is CC.Cc1cnc(N2CCN(C(=O)c3cc(F)c(Br)cc3Cl)CC2)c(C)c1. The van der Waals surface area contributed by atoms with Gasteiger partial charge < -0.3 is 9.80 Å². The second-order valence-corrected chi connectivity index (χ2v) is 7.44. The fourth-order valence-corrected chi connectivity index (χ4v) is 3.74. The summed E-state index contributed by atoms with van der Waals surface area (Å²) in [6.07, 6.45) is 1.85. The highest BCUT2D eigenvalue weighted by Crippen LogP contribution is 2.26. The van der Waals surface area contributed by atoms with Crippen LogP contribution in [0.3, 0.4) is 0 Å². The highest BCUT2D eigenvalue weighted by atomic mass is 79.9. The third kappa shape index (κ3) is 4.99. The fourth-order valence-electron chi connectivity index (χ4n) is 3.02. The molecule has 146 valence electrons. The Hall–Kier alpha value is -1.66. The minimum Gasteiger partial charge on any atom is -0.353 e. The van der Waals surface area contributed by atoms with E-state index in [9.17, 15) is 9.18 Å². The van der Waals surface area contributed by atoms with Crippen molar-refractivity contribution < 1.29 is 9.18 Å². The number of anilines is 1. The Bertz CT molecular complexity index is 823. The van der Waals surface area contributed by atoms with Gasteiger partial charge >= 0.3 is 0 Å². The molecule has 0 unspecified atom stereocenters. The molecule has 0 bridgehead atoms. The molecular formula is C20H24BrClFN3O. The zero-order chi connectivity index (χ0) is 20.1. The summed E-state index contributed by atoms with van der Waals surface area (Å²) in [7, 11) is 0. The maximum absolute atomic E-state index is 13.8. The van der Waals surface area contributed by atoms with Crippen molar-refractivity contribution in [3.8, 4) is 0 Å². The molecule has 3 rings (SSSR count). The van der Waals surface area contributed by atoms with Gasteiger partial charge in [-0.3, -0.25) is 4.79 Å². The van der Waals surface area contributed by atoms with Crippen LogP contribution in [0.2, 0.25) is 5.02 Å². The Morgan fingerprint density at radius 1 is 1.15 bits per heavy atom. The number of hydrogen-bond donors (Lipinski definition) is 0. The van der Waals surface area contributed by atoms with Crippen molar-refractivity contribution in [2.24, 2.45) is 0 Å². The number of piperazine rings is 1. The number of amides is 1. The van der Waals surface area contributed by atoms with E-state index in [-0.39, 0.29) is 21.0 Å². The predicted molar refractivity (Wildman–Crippen MR) is 112 cm³/mol. The number of rotatable bonds is 2. The minimum atomic E-state index is -0.495. The van der Waals surface area contributed by atoms with E-state index < -0.39 is 5.82 Å². The molecule has 7 heteroatoms. The van der Waals surface area contributed by atoms with Crippen LogP contribution >= 0.6 is 27.5 Å². The summed E-state index contributed by atoms with van der Waals surface area (Å²) in [5, 5.41) is 0.247. The lowest BCUT2D eigenvalue weighted by Gasteiger charge is -2.36. The number of nitrogens with zero attached hydrogens (tertiary/aromatic N) is 3. The van der Waals surface area contributed by atoms with Crippen LogP contribution in [-0.2, 0) is 0 Å². The molecule has 0 radical (unpaired) electrons. The highest BCUT2D eigenvalue weighted by molar-refractivity contribution is 9.10. The first kappa shape index (κ1) is 21.6. The second-order valence-electron chi connectivity index (χ2n) is 6.18. The van der Waals surface area contributed by atoms with Gasteiger partial charge in [0.25, 0.3) is 5.91 Å². The summed E-state index contributed by atoms with van der Waals surface area (Å²) >= 11 is 9.18. The molecule has 1 saturated heterocycles. The summed E-state index contributed by atoms with van der Waals surface area (Å²) in [5.74, 6) is 0.209. The number of pyridine rings is 1. The molecule has 1 fully saturated rings. The third-order valence-corrected chi connectivity index (χ3v) is 5.21. The molecule has 2 aromatic rings. The lowest BCUT2D eigenvalue weighted by molar-refractivity contribution is 0.0746. The molecule has 0 spiro atoms. The molecular weight excluding hydrogens is 433 g/mol. The maximum atomic E-state index is 13.8. The lowest BCUT2D eigenvalue weighted by atomic mass is 10.1. The van der Waals surface area contributed by atoms with Crippen LogP contribution in [0.1, 0.15) is 35.3 Å². The van der Waals surface area contributed by atoms with Crippen LogP contribution in [0.25, 0.3) is 0 Å². The van der Waals surface area contributed by atoms with Crippen LogP contribution < -0.4 is 4.90 Å². The highest BCUT2D eigenvalue weighted by Gasteiger charge is 2.25. The Balaban J connectivity index is 0.00000126. The quantitative estimate of drug-likeness (QED) is 0.580. The first-order valence-corrected chi connectivity index (χ1v) is 10.2. The first-order valence-electron chi connectivity index (χ1n) is 8.99. The summed E-state index contributed by atoms with van der Waals surface area (Å²) in [4.78, 5) is 21.0. The number of carbonyl (C=O) groups is 1. The van der Waals surface area contributed by atoms with Crippen molar-refractivity contribution >= 4 is 39.3 Å². The summed E-state index contributed by atoms with van der Waals surface area (Å²) in [6.45, 7) is 10.5. The van der Waals surface area contributed by atoms with Crippen molar-refractivity contribution in [2.75, 3.05) is 31.1 Å². The number of aromatic nitrogens is 1. The van der Waals surface area contributed by atoms with E-state index in [0.717, 1.165) is 16.9 Å². The van der Waals surface area contributed by atoms with Crippen LogP contribution in [0.4, 0.5) is 10.2 Å². The van der Waals surface area contributed by atoms with Crippen molar-refractivity contribution in [3.05, 3.63) is 56.4 Å². The Labute approximate surface area is 173 Å². The largest absolute Gasteiger partial charge is 0.353 e. The van der Waals surface area contributed by atoms with Gasteiger partial charge in [-0.15, -0.1) is 0 Å². The monoisotopic (exact) mass is 455 g/mol. The number of carbonyl (C=O) groups excluding carboxylic acids is 1. The molecule has 2 heterocycles. The van der Waals surface area contributed by atoms with E-state index in [1.54, 1.807) is 4.90 Å². The van der Waals surface area contributed by atoms with Crippen LogP contribution in [0.5, 0.6) is 0 Å². The number of benzene rings is 1. The smallest absolute Gasteiger partial charge is 0.255 e. The molecule has 27 heavy (non-hydrogen) atoms. The third-order valence-electron chi connectivity index (χ3n) is 4.29. The summed E-state index contributed by atoms with van der Waals surface area (Å²) < 4.78 is 14.0. The van der Waals surface area contributed by atoms with Crippen LogP contribution in [0, 0.1) is 19.7 Å². The molecule has 1 amide bonds. The van der Waals surface area contributed by atoms with Gasteiger partial charge in [0.2, 0.25) is 0 Å². The Morgan fingerprint density at radius 2 is 1.78 bits per heavy atom. The molecule has 1 aliphatic rings. The zero-order valence-electron chi connectivity index (χ0n) is 16.0. The minimum absolute atomic E-state index is 0.195. The maximum Gasteiger partial charge on any atom is 0.255 e. The van der Waals surface area contributed by atoms with Gasteiger partial charge in [0.1, 0.15) is 11.6 Å². The molecule has 4 nitrogen and oxygen atoms in total. The molecule has 1 aliphatic heterocycles. The van der Waals surface area contributed by atoms with Crippen molar-refractivity contribution in [2.45, 2.75) is 27.7 Å². The van der Waals surface area contributed by atoms with Crippen molar-refractivity contribution in [1.29, 1.82) is 0 Å². The van der Waals surface area contributed by atoms with E-state index in [4.69, 9.17) is 11.6 Å². The molecule has 1 aromatic carbocycles. The van der Waals surface area contributed by atoms with E-state index in [1.165, 1.54) is 12.1 Å². The molecule has 1 aromatic heterocycles. The first-order chi connectivity index (χ1) is 12.9. The van der Waals surface area contributed by atoms with Crippen molar-refractivity contribution in [3.63, 3.8) is 0 Å². The van der Waals surface area contributed by atoms with E-state index in [0.29, 0.717) is 26.2 Å². The van der Waals surface area contributed by atoms with Gasteiger partial charge in [0.05, 0.1) is 15.1 Å². The van der Waals surface area contributed by atoms with Gasteiger partial charge in [-0.1, -0.05) is 31.5 Å². The molecule has 0 saturated carbocycles. The number of aryl methyl sites for hydroxylation is 2. The predicted octanol–water partition coefficient (Wildman–Crippen LogP) is 5.24.